The number of ketones is 2. The summed E-state index contributed by atoms with van der Waals surface area (Å²) in [6.07, 6.45) is -6.80. The van der Waals surface area contributed by atoms with E-state index in [0.29, 0.717) is 0 Å². The van der Waals surface area contributed by atoms with Crippen molar-refractivity contribution >= 4 is 17.5 Å². The van der Waals surface area contributed by atoms with Crippen LogP contribution >= 0.6 is 0 Å². The second-order valence-electron chi connectivity index (χ2n) is 14.1. The molecular weight excluding hydrogens is 670 g/mol. The fraction of sp³-hybridized carbons (Fsp3) is 0.583. The van der Waals surface area contributed by atoms with Gasteiger partial charge in [-0.25, -0.2) is 0 Å². The van der Waals surface area contributed by atoms with Crippen molar-refractivity contribution in [3.63, 3.8) is 0 Å². The number of phenolic OH excluding ortho intramolecular Hbond substituents is 3. The standard InChI is InChI=1S/C36H45NO14/c1-7-36(46)13-22(50-23-11-18(37(4)5)34(15(3)49-23)51-24-12-21(40)30(41)14(2)48-24)25-16(29(36)35(45)47-6)10-17-26(32(25)43)33(44)28-20(39)9-8-19(38)27(28)31(17)42/h8-10,14-15,18,21-24,29-30,34,38-41,43,46H,7,11-13H2,1-6H3/t14-,15-,18+,21+,22+,23-,24-,29+,30+,34+,36-/m1/s1. The molecule has 2 saturated heterocycles. The first-order chi connectivity index (χ1) is 24.0. The van der Waals surface area contributed by atoms with Gasteiger partial charge >= 0.3 is 5.97 Å². The highest BCUT2D eigenvalue weighted by molar-refractivity contribution is 6.31. The van der Waals surface area contributed by atoms with Crippen LogP contribution in [0.4, 0.5) is 0 Å². The minimum atomic E-state index is -1.79. The summed E-state index contributed by atoms with van der Waals surface area (Å²) >= 11 is 0. The number of rotatable bonds is 7. The second-order valence-corrected chi connectivity index (χ2v) is 14.1. The van der Waals surface area contributed by atoms with Gasteiger partial charge in [-0.1, -0.05) is 6.92 Å². The van der Waals surface area contributed by atoms with E-state index in [1.165, 1.54) is 6.07 Å². The summed E-state index contributed by atoms with van der Waals surface area (Å²) in [5.41, 5.74) is -3.53. The minimum absolute atomic E-state index is 0.00137. The van der Waals surface area contributed by atoms with Gasteiger partial charge in [0.25, 0.3) is 0 Å². The van der Waals surface area contributed by atoms with E-state index >= 15 is 0 Å². The van der Waals surface area contributed by atoms with Gasteiger partial charge in [0.2, 0.25) is 5.78 Å². The lowest BCUT2D eigenvalue weighted by molar-refractivity contribution is -0.310. The number of carbonyl (C=O) groups is 3. The molecule has 2 aliphatic heterocycles. The van der Waals surface area contributed by atoms with Gasteiger partial charge in [-0.2, -0.15) is 0 Å². The van der Waals surface area contributed by atoms with E-state index in [1.54, 1.807) is 20.8 Å². The summed E-state index contributed by atoms with van der Waals surface area (Å²) in [6, 6.07) is 3.04. The van der Waals surface area contributed by atoms with Crippen molar-refractivity contribution in [3.05, 3.63) is 51.6 Å². The lowest BCUT2D eigenvalue weighted by atomic mass is 9.67. The molecule has 51 heavy (non-hydrogen) atoms. The molecule has 4 aliphatic rings. The summed E-state index contributed by atoms with van der Waals surface area (Å²) in [6.45, 7) is 5.08. The molecule has 0 aromatic heterocycles. The smallest absolute Gasteiger partial charge is 0.316 e. The molecule has 6 rings (SSSR count). The Morgan fingerprint density at radius 2 is 1.55 bits per heavy atom. The molecule has 0 bridgehead atoms. The number of aromatic hydroxyl groups is 3. The third kappa shape index (κ3) is 6.18. The number of carbonyl (C=O) groups excluding carboxylic acids is 3. The van der Waals surface area contributed by atoms with E-state index in [4.69, 9.17) is 23.7 Å². The molecule has 11 atom stereocenters. The van der Waals surface area contributed by atoms with E-state index in [0.717, 1.165) is 19.2 Å². The number of methoxy groups -OCH3 is 1. The number of hydrogen-bond acceptors (Lipinski definition) is 15. The summed E-state index contributed by atoms with van der Waals surface area (Å²) in [4.78, 5) is 42.9. The van der Waals surface area contributed by atoms with Crippen LogP contribution in [0.5, 0.6) is 17.2 Å². The number of phenols is 3. The van der Waals surface area contributed by atoms with E-state index < -0.39 is 112 Å². The van der Waals surface area contributed by atoms with Crippen molar-refractivity contribution in [2.75, 3.05) is 21.2 Å². The van der Waals surface area contributed by atoms with Crippen LogP contribution in [0.25, 0.3) is 0 Å². The van der Waals surface area contributed by atoms with Crippen LogP contribution in [-0.4, -0.2) is 129 Å². The van der Waals surface area contributed by atoms with Crippen LogP contribution in [-0.2, 0) is 28.5 Å². The Morgan fingerprint density at radius 3 is 2.14 bits per heavy atom. The number of aliphatic hydroxyl groups excluding tert-OH is 2. The SMILES string of the molecule is CC[C@@]1(O)C[C@H](O[C@@H]2C[C@H](N(C)C)[C@@H](O[C@@H]3C[C@H](O)[C@@H](O)[C@@H](C)O3)[C@@H](C)O2)c2c(cc3c(c2O)C(=O)c2c(O)ccc(O)c2C3=O)[C@H]1C(=O)OC. The van der Waals surface area contributed by atoms with Crippen molar-refractivity contribution in [2.45, 2.75) is 113 Å². The highest BCUT2D eigenvalue weighted by atomic mass is 16.7. The molecule has 0 spiro atoms. The zero-order chi connectivity index (χ0) is 37.3. The summed E-state index contributed by atoms with van der Waals surface area (Å²) in [7, 11) is 4.83. The molecule has 0 unspecified atom stereocenters. The Labute approximate surface area is 294 Å². The number of ether oxygens (including phenoxy) is 5. The fourth-order valence-corrected chi connectivity index (χ4v) is 8.03. The Hall–Kier alpha value is -3.67. The van der Waals surface area contributed by atoms with Gasteiger partial charge < -0.3 is 59.2 Å². The maximum absolute atomic E-state index is 13.9. The maximum Gasteiger partial charge on any atom is 0.316 e. The first kappa shape index (κ1) is 37.1. The van der Waals surface area contributed by atoms with Crippen LogP contribution in [0.1, 0.15) is 101 Å². The highest BCUT2D eigenvalue weighted by Crippen LogP contribution is 2.54. The second kappa shape index (κ2) is 13.7. The minimum Gasteiger partial charge on any atom is -0.507 e. The molecule has 2 aromatic carbocycles. The van der Waals surface area contributed by atoms with E-state index in [2.05, 4.69) is 0 Å². The van der Waals surface area contributed by atoms with Crippen molar-refractivity contribution in [1.82, 2.24) is 4.90 Å². The van der Waals surface area contributed by atoms with Crippen LogP contribution < -0.4 is 0 Å². The number of aliphatic hydroxyl groups is 3. The number of benzene rings is 2. The summed E-state index contributed by atoms with van der Waals surface area (Å²) < 4.78 is 30.0. The lowest BCUT2D eigenvalue weighted by Crippen LogP contribution is -2.57. The van der Waals surface area contributed by atoms with E-state index in [9.17, 15) is 45.0 Å². The van der Waals surface area contributed by atoms with Crippen LogP contribution in [0, 0.1) is 0 Å². The maximum atomic E-state index is 13.9. The number of nitrogens with zero attached hydrogens (tertiary/aromatic N) is 1. The van der Waals surface area contributed by atoms with Gasteiger partial charge in [0.15, 0.2) is 18.4 Å². The molecule has 15 heteroatoms. The number of hydrogen-bond donors (Lipinski definition) is 6. The van der Waals surface area contributed by atoms with Crippen LogP contribution in [0.2, 0.25) is 0 Å². The Bertz CT molecular complexity index is 1720. The molecule has 6 N–H and O–H groups in total. The average molecular weight is 716 g/mol. The van der Waals surface area contributed by atoms with Crippen molar-refractivity contribution in [1.29, 1.82) is 0 Å². The van der Waals surface area contributed by atoms with Crippen LogP contribution in [0.3, 0.4) is 0 Å². The normalized spacial score (nSPS) is 34.9. The Morgan fingerprint density at radius 1 is 0.941 bits per heavy atom. The molecule has 15 nitrogen and oxygen atoms in total. The predicted octanol–water partition coefficient (Wildman–Crippen LogP) is 1.74. The van der Waals surface area contributed by atoms with Gasteiger partial charge in [-0.3, -0.25) is 14.4 Å². The molecule has 2 aliphatic carbocycles. The van der Waals surface area contributed by atoms with Gasteiger partial charge in [-0.15, -0.1) is 0 Å². The molecule has 0 radical (unpaired) electrons. The largest absolute Gasteiger partial charge is 0.507 e. The van der Waals surface area contributed by atoms with Crippen molar-refractivity contribution in [2.24, 2.45) is 0 Å². The molecule has 2 aromatic rings. The monoisotopic (exact) mass is 715 g/mol. The summed E-state index contributed by atoms with van der Waals surface area (Å²) in [5, 5.41) is 65.4. The summed E-state index contributed by atoms with van der Waals surface area (Å²) in [5.74, 6) is -5.85. The quantitative estimate of drug-likeness (QED) is 0.152. The van der Waals surface area contributed by atoms with Gasteiger partial charge in [0.05, 0.1) is 53.8 Å². The first-order valence-electron chi connectivity index (χ1n) is 17.0. The molecule has 2 heterocycles. The third-order valence-corrected chi connectivity index (χ3v) is 10.8. The topological polar surface area (TPSA) is 222 Å². The third-order valence-electron chi connectivity index (χ3n) is 10.8. The number of fused-ring (bicyclic) bond motifs is 3. The number of likely N-dealkylation sites (N-methyl/N-ethyl adjacent to an activating group) is 1. The number of esters is 1. The molecule has 0 saturated carbocycles. The van der Waals surface area contributed by atoms with Crippen molar-refractivity contribution < 1.29 is 68.7 Å². The molecule has 0 amide bonds. The van der Waals surface area contributed by atoms with Gasteiger partial charge in [-0.05, 0) is 58.1 Å². The zero-order valence-corrected chi connectivity index (χ0v) is 29.2. The van der Waals surface area contributed by atoms with Gasteiger partial charge in [0, 0.05) is 36.4 Å². The van der Waals surface area contributed by atoms with Gasteiger partial charge in [0.1, 0.15) is 35.4 Å². The predicted molar refractivity (Wildman–Crippen MR) is 175 cm³/mol. The molecule has 2 fully saturated rings. The van der Waals surface area contributed by atoms with E-state index in [-0.39, 0.29) is 48.4 Å². The van der Waals surface area contributed by atoms with Crippen LogP contribution in [0.15, 0.2) is 18.2 Å². The first-order valence-corrected chi connectivity index (χ1v) is 17.0. The lowest BCUT2D eigenvalue weighted by Gasteiger charge is -2.48. The van der Waals surface area contributed by atoms with E-state index in [1.807, 2.05) is 19.0 Å². The molecule has 278 valence electrons. The van der Waals surface area contributed by atoms with Crippen molar-refractivity contribution in [3.8, 4) is 17.2 Å². The highest BCUT2D eigenvalue weighted by Gasteiger charge is 2.53. The Balaban J connectivity index is 1.39. The Kier molecular flexibility index (Phi) is 9.97. The fourth-order valence-electron chi connectivity index (χ4n) is 8.03. The average Bonchev–Trinajstić information content (AvgIpc) is 3.07. The molecular formula is C36H45NO14. The zero-order valence-electron chi connectivity index (χ0n) is 29.2.